The van der Waals surface area contributed by atoms with Crippen molar-refractivity contribution in [1.29, 1.82) is 0 Å². The highest BCUT2D eigenvalue weighted by Gasteiger charge is 2.23. The molecule has 15 heavy (non-hydrogen) atoms. The summed E-state index contributed by atoms with van der Waals surface area (Å²) in [5.41, 5.74) is 0. The third-order valence-corrected chi connectivity index (χ3v) is 3.41. The Morgan fingerprint density at radius 3 is 1.93 bits per heavy atom. The second-order valence-electron chi connectivity index (χ2n) is 3.36. The molecule has 0 aromatic rings. The van der Waals surface area contributed by atoms with E-state index in [1.807, 2.05) is 6.92 Å². The molecule has 0 aromatic heterocycles. The fraction of sp³-hybridized carbons (Fsp3) is 1.00. The molecule has 1 atom stereocenters. The van der Waals surface area contributed by atoms with Gasteiger partial charge in [-0.1, -0.05) is 33.1 Å². The molecule has 4 nitrogen and oxygen atoms in total. The summed E-state index contributed by atoms with van der Waals surface area (Å²) in [6.45, 7) is 5.01. The van der Waals surface area contributed by atoms with E-state index in [-0.39, 0.29) is 0 Å². The van der Waals surface area contributed by atoms with Gasteiger partial charge in [-0.05, 0) is 12.8 Å². The number of rotatable bonds is 10. The number of phosphoric acid groups is 1. The summed E-state index contributed by atoms with van der Waals surface area (Å²) in [5, 5.41) is 0. The summed E-state index contributed by atoms with van der Waals surface area (Å²) in [6.07, 6.45) is 4.93. The van der Waals surface area contributed by atoms with E-state index in [4.69, 9.17) is 13.6 Å². The van der Waals surface area contributed by atoms with E-state index in [1.54, 1.807) is 0 Å². The molecule has 0 aliphatic heterocycles. The monoisotopic (exact) mass is 238 g/mol. The molecule has 0 N–H and O–H groups in total. The van der Waals surface area contributed by atoms with Crippen LogP contribution >= 0.6 is 7.82 Å². The van der Waals surface area contributed by atoms with Crippen LogP contribution < -0.4 is 0 Å². The first-order chi connectivity index (χ1) is 7.18. The lowest BCUT2D eigenvalue weighted by Crippen LogP contribution is -2.00. The average molecular weight is 238 g/mol. The zero-order valence-corrected chi connectivity index (χ0v) is 10.9. The van der Waals surface area contributed by atoms with Crippen molar-refractivity contribution in [2.24, 2.45) is 0 Å². The zero-order valence-electron chi connectivity index (χ0n) is 10.0. The maximum Gasteiger partial charge on any atom is 0.474 e. The van der Waals surface area contributed by atoms with Crippen LogP contribution in [0.5, 0.6) is 0 Å². The fourth-order valence-corrected chi connectivity index (χ4v) is 1.98. The maximum absolute atomic E-state index is 11.8. The third-order valence-electron chi connectivity index (χ3n) is 1.97. The van der Waals surface area contributed by atoms with Crippen molar-refractivity contribution in [2.75, 3.05) is 20.3 Å². The van der Waals surface area contributed by atoms with Gasteiger partial charge in [0.05, 0.1) is 13.2 Å². The van der Waals surface area contributed by atoms with Gasteiger partial charge in [0.25, 0.3) is 0 Å². The van der Waals surface area contributed by atoms with Gasteiger partial charge in [-0.2, -0.15) is 0 Å². The molecule has 0 aliphatic rings. The normalized spacial score (nSPS) is 15.1. The molecule has 0 saturated heterocycles. The van der Waals surface area contributed by atoms with Crippen molar-refractivity contribution in [3.63, 3.8) is 0 Å². The van der Waals surface area contributed by atoms with Gasteiger partial charge in [-0.25, -0.2) is 4.57 Å². The van der Waals surface area contributed by atoms with Crippen LogP contribution in [0.4, 0.5) is 0 Å². The highest BCUT2D eigenvalue weighted by atomic mass is 31.2. The molecule has 0 bridgehead atoms. The van der Waals surface area contributed by atoms with Gasteiger partial charge in [0, 0.05) is 7.11 Å². The van der Waals surface area contributed by atoms with Crippen molar-refractivity contribution >= 4 is 7.82 Å². The van der Waals surface area contributed by atoms with Gasteiger partial charge in [-0.15, -0.1) is 0 Å². The van der Waals surface area contributed by atoms with Crippen LogP contribution in [0.3, 0.4) is 0 Å². The molecular formula is C10H23O4P. The fourth-order valence-electron chi connectivity index (χ4n) is 0.992. The van der Waals surface area contributed by atoms with Crippen molar-refractivity contribution in [2.45, 2.75) is 46.0 Å². The predicted molar refractivity (Wildman–Crippen MR) is 61.0 cm³/mol. The summed E-state index contributed by atoms with van der Waals surface area (Å²) >= 11 is 0. The highest BCUT2D eigenvalue weighted by Crippen LogP contribution is 2.48. The molecule has 0 fully saturated rings. The van der Waals surface area contributed by atoms with Crippen molar-refractivity contribution in [3.05, 3.63) is 0 Å². The Morgan fingerprint density at radius 1 is 0.933 bits per heavy atom. The minimum absolute atomic E-state index is 0.426. The van der Waals surface area contributed by atoms with Gasteiger partial charge in [-0.3, -0.25) is 13.6 Å². The second-order valence-corrected chi connectivity index (χ2v) is 5.13. The van der Waals surface area contributed by atoms with E-state index in [1.165, 1.54) is 7.11 Å². The minimum Gasteiger partial charge on any atom is -0.290 e. The third kappa shape index (κ3) is 7.97. The van der Waals surface area contributed by atoms with Gasteiger partial charge in [0.1, 0.15) is 0 Å². The van der Waals surface area contributed by atoms with E-state index >= 15 is 0 Å². The summed E-state index contributed by atoms with van der Waals surface area (Å²) < 4.78 is 26.8. The Bertz CT molecular complexity index is 184. The minimum atomic E-state index is -3.27. The van der Waals surface area contributed by atoms with E-state index in [0.29, 0.717) is 13.2 Å². The molecule has 0 saturated carbocycles. The first-order valence-electron chi connectivity index (χ1n) is 5.63. The summed E-state index contributed by atoms with van der Waals surface area (Å²) in [7, 11) is -1.92. The highest BCUT2D eigenvalue weighted by molar-refractivity contribution is 7.48. The summed E-state index contributed by atoms with van der Waals surface area (Å²) in [6, 6.07) is 0. The van der Waals surface area contributed by atoms with E-state index < -0.39 is 7.82 Å². The lowest BCUT2D eigenvalue weighted by Gasteiger charge is -2.15. The predicted octanol–water partition coefficient (Wildman–Crippen LogP) is 3.76. The Morgan fingerprint density at radius 2 is 1.47 bits per heavy atom. The van der Waals surface area contributed by atoms with E-state index in [2.05, 4.69) is 6.92 Å². The molecule has 0 heterocycles. The molecular weight excluding hydrogens is 215 g/mol. The lowest BCUT2D eigenvalue weighted by molar-refractivity contribution is 0.128. The summed E-state index contributed by atoms with van der Waals surface area (Å²) in [4.78, 5) is 0. The maximum atomic E-state index is 11.8. The molecule has 0 spiro atoms. The van der Waals surface area contributed by atoms with Crippen LogP contribution in [0.15, 0.2) is 0 Å². The topological polar surface area (TPSA) is 44.8 Å². The SMILES string of the molecule is CCCCCOP(=O)(OC)OCCCC. The van der Waals surface area contributed by atoms with Crippen LogP contribution in [0.25, 0.3) is 0 Å². The van der Waals surface area contributed by atoms with Crippen molar-refractivity contribution in [1.82, 2.24) is 0 Å². The second kappa shape index (κ2) is 9.34. The Hall–Kier alpha value is 0.110. The largest absolute Gasteiger partial charge is 0.474 e. The number of unbranched alkanes of at least 4 members (excludes halogenated alkanes) is 3. The molecule has 92 valence electrons. The molecule has 1 unspecified atom stereocenters. The van der Waals surface area contributed by atoms with E-state index in [0.717, 1.165) is 32.1 Å². The molecule has 0 rings (SSSR count). The molecule has 5 heteroatoms. The van der Waals surface area contributed by atoms with Gasteiger partial charge in [0.2, 0.25) is 0 Å². The lowest BCUT2D eigenvalue weighted by atomic mass is 10.3. The molecule has 0 aliphatic carbocycles. The van der Waals surface area contributed by atoms with E-state index in [9.17, 15) is 4.57 Å². The quantitative estimate of drug-likeness (QED) is 0.429. The van der Waals surface area contributed by atoms with Crippen LogP contribution in [0.1, 0.15) is 46.0 Å². The molecule has 0 aromatic carbocycles. The van der Waals surface area contributed by atoms with Gasteiger partial charge in [0.15, 0.2) is 0 Å². The Kier molecular flexibility index (Phi) is 9.41. The number of hydrogen-bond acceptors (Lipinski definition) is 4. The van der Waals surface area contributed by atoms with Crippen LogP contribution in [-0.4, -0.2) is 20.3 Å². The standard InChI is InChI=1S/C10H23O4P/c1-4-6-8-10-14-15(11,12-3)13-9-7-5-2/h4-10H2,1-3H3. The first kappa shape index (κ1) is 15.1. The van der Waals surface area contributed by atoms with Crippen molar-refractivity contribution in [3.8, 4) is 0 Å². The zero-order chi connectivity index (χ0) is 11.6. The van der Waals surface area contributed by atoms with Crippen LogP contribution in [0, 0.1) is 0 Å². The Balaban J connectivity index is 3.70. The number of phosphoric ester groups is 1. The average Bonchev–Trinajstić information content (AvgIpc) is 2.25. The molecule has 0 amide bonds. The Labute approximate surface area is 92.9 Å². The summed E-state index contributed by atoms with van der Waals surface area (Å²) in [5.74, 6) is 0. The first-order valence-corrected chi connectivity index (χ1v) is 7.09. The van der Waals surface area contributed by atoms with Gasteiger partial charge >= 0.3 is 7.82 Å². The number of hydrogen-bond donors (Lipinski definition) is 0. The van der Waals surface area contributed by atoms with Crippen molar-refractivity contribution < 1.29 is 18.1 Å². The van der Waals surface area contributed by atoms with Crippen LogP contribution in [-0.2, 0) is 18.1 Å². The van der Waals surface area contributed by atoms with Gasteiger partial charge < -0.3 is 0 Å². The molecule has 0 radical (unpaired) electrons. The smallest absolute Gasteiger partial charge is 0.290 e. The van der Waals surface area contributed by atoms with Crippen LogP contribution in [0.2, 0.25) is 0 Å².